The average Bonchev–Trinajstić information content (AvgIpc) is 2.52. The highest BCUT2D eigenvalue weighted by molar-refractivity contribution is 7.99. The number of aryl methyl sites for hydroxylation is 1. The van der Waals surface area contributed by atoms with Crippen LogP contribution in [0.15, 0.2) is 24.3 Å². The second kappa shape index (κ2) is 10.3. The first-order chi connectivity index (χ1) is 10.6. The molecular weight excluding hydrogens is 298 g/mol. The van der Waals surface area contributed by atoms with Crippen molar-refractivity contribution >= 4 is 23.6 Å². The van der Waals surface area contributed by atoms with Gasteiger partial charge in [-0.25, -0.2) is 4.79 Å². The third kappa shape index (κ3) is 6.52. The SMILES string of the molecule is CCCCc1ccc(C(=O)N[C@@H](CCSCC)C(=O)O)cc1. The van der Waals surface area contributed by atoms with E-state index >= 15 is 0 Å². The molecule has 1 aromatic carbocycles. The number of thioether (sulfide) groups is 1. The molecule has 0 spiro atoms. The zero-order valence-corrected chi connectivity index (χ0v) is 14.1. The molecule has 1 atom stereocenters. The van der Waals surface area contributed by atoms with Gasteiger partial charge >= 0.3 is 5.97 Å². The highest BCUT2D eigenvalue weighted by Gasteiger charge is 2.20. The Kier molecular flexibility index (Phi) is 8.67. The molecule has 0 radical (unpaired) electrons. The van der Waals surface area contributed by atoms with Gasteiger partial charge in [-0.3, -0.25) is 4.79 Å². The maximum Gasteiger partial charge on any atom is 0.326 e. The van der Waals surface area contributed by atoms with Crippen LogP contribution in [0.25, 0.3) is 0 Å². The van der Waals surface area contributed by atoms with Crippen molar-refractivity contribution in [3.8, 4) is 0 Å². The van der Waals surface area contributed by atoms with Crippen LogP contribution in [-0.4, -0.2) is 34.5 Å². The summed E-state index contributed by atoms with van der Waals surface area (Å²) in [7, 11) is 0. The van der Waals surface area contributed by atoms with Gasteiger partial charge in [0.25, 0.3) is 5.91 Å². The van der Waals surface area contributed by atoms with Gasteiger partial charge in [0.1, 0.15) is 6.04 Å². The normalized spacial score (nSPS) is 11.9. The predicted molar refractivity (Wildman–Crippen MR) is 91.6 cm³/mol. The first kappa shape index (κ1) is 18.6. The maximum absolute atomic E-state index is 12.1. The molecular formula is C17H25NO3S. The molecule has 0 saturated carbocycles. The zero-order chi connectivity index (χ0) is 16.4. The van der Waals surface area contributed by atoms with Gasteiger partial charge in [-0.1, -0.05) is 32.4 Å². The summed E-state index contributed by atoms with van der Waals surface area (Å²) in [6, 6.07) is 6.58. The van der Waals surface area contributed by atoms with Crippen molar-refractivity contribution in [1.29, 1.82) is 0 Å². The van der Waals surface area contributed by atoms with Crippen molar-refractivity contribution in [2.24, 2.45) is 0 Å². The molecule has 0 heterocycles. The molecule has 122 valence electrons. The van der Waals surface area contributed by atoms with Gasteiger partial charge in [-0.05, 0) is 48.5 Å². The number of aliphatic carboxylic acids is 1. The molecule has 0 aliphatic rings. The van der Waals surface area contributed by atoms with Crippen molar-refractivity contribution in [3.05, 3.63) is 35.4 Å². The standard InChI is InChI=1S/C17H25NO3S/c1-3-5-6-13-7-9-14(10-8-13)16(19)18-15(17(20)21)11-12-22-4-2/h7-10,15H,3-6,11-12H2,1-2H3,(H,18,19)(H,20,21)/t15-/m0/s1. The summed E-state index contributed by atoms with van der Waals surface area (Å²) in [5.41, 5.74) is 1.71. The van der Waals surface area contributed by atoms with Crippen molar-refractivity contribution < 1.29 is 14.7 Å². The van der Waals surface area contributed by atoms with Crippen molar-refractivity contribution in [3.63, 3.8) is 0 Å². The van der Waals surface area contributed by atoms with E-state index in [9.17, 15) is 14.7 Å². The number of amides is 1. The molecule has 5 heteroatoms. The third-order valence-corrected chi connectivity index (χ3v) is 4.33. The van der Waals surface area contributed by atoms with Crippen LogP contribution in [0.2, 0.25) is 0 Å². The number of unbranched alkanes of at least 4 members (excludes halogenated alkanes) is 1. The van der Waals surface area contributed by atoms with Crippen LogP contribution in [0, 0.1) is 0 Å². The highest BCUT2D eigenvalue weighted by atomic mass is 32.2. The Hall–Kier alpha value is -1.49. The third-order valence-electron chi connectivity index (χ3n) is 3.39. The van der Waals surface area contributed by atoms with E-state index in [1.165, 1.54) is 5.56 Å². The number of rotatable bonds is 10. The van der Waals surface area contributed by atoms with Crippen molar-refractivity contribution in [1.82, 2.24) is 5.32 Å². The number of carbonyl (C=O) groups excluding carboxylic acids is 1. The Morgan fingerprint density at radius 1 is 1.23 bits per heavy atom. The van der Waals surface area contributed by atoms with Crippen LogP contribution in [0.3, 0.4) is 0 Å². The summed E-state index contributed by atoms with van der Waals surface area (Å²) in [5.74, 6) is 0.365. The molecule has 0 aliphatic carbocycles. The van der Waals surface area contributed by atoms with Gasteiger partial charge in [0.15, 0.2) is 0 Å². The van der Waals surface area contributed by atoms with Crippen LogP contribution in [-0.2, 0) is 11.2 Å². The van der Waals surface area contributed by atoms with E-state index in [-0.39, 0.29) is 5.91 Å². The van der Waals surface area contributed by atoms with Gasteiger partial charge in [-0.2, -0.15) is 11.8 Å². The molecule has 1 rings (SSSR count). The van der Waals surface area contributed by atoms with Gasteiger partial charge in [0.2, 0.25) is 0 Å². The van der Waals surface area contributed by atoms with Crippen LogP contribution in [0.4, 0.5) is 0 Å². The smallest absolute Gasteiger partial charge is 0.326 e. The summed E-state index contributed by atoms with van der Waals surface area (Å²) >= 11 is 1.67. The number of hydrogen-bond donors (Lipinski definition) is 2. The van der Waals surface area contributed by atoms with Gasteiger partial charge in [-0.15, -0.1) is 0 Å². The van der Waals surface area contributed by atoms with E-state index in [2.05, 4.69) is 12.2 Å². The number of benzene rings is 1. The van der Waals surface area contributed by atoms with E-state index < -0.39 is 12.0 Å². The zero-order valence-electron chi connectivity index (χ0n) is 13.3. The lowest BCUT2D eigenvalue weighted by Crippen LogP contribution is -2.41. The molecule has 2 N–H and O–H groups in total. The van der Waals surface area contributed by atoms with Crippen molar-refractivity contribution in [2.45, 2.75) is 45.6 Å². The summed E-state index contributed by atoms with van der Waals surface area (Å²) in [4.78, 5) is 23.3. The van der Waals surface area contributed by atoms with E-state index in [0.717, 1.165) is 30.8 Å². The number of hydrogen-bond acceptors (Lipinski definition) is 3. The van der Waals surface area contributed by atoms with E-state index in [0.29, 0.717) is 12.0 Å². The number of carboxylic acid groups (broad SMARTS) is 1. The number of carboxylic acids is 1. The minimum absolute atomic E-state index is 0.323. The molecule has 0 bridgehead atoms. The molecule has 1 aromatic rings. The molecule has 0 aliphatic heterocycles. The van der Waals surface area contributed by atoms with Crippen LogP contribution >= 0.6 is 11.8 Å². The number of carbonyl (C=O) groups is 2. The lowest BCUT2D eigenvalue weighted by Gasteiger charge is -2.14. The number of nitrogens with one attached hydrogen (secondary N) is 1. The highest BCUT2D eigenvalue weighted by Crippen LogP contribution is 2.09. The summed E-state index contributed by atoms with van der Waals surface area (Å²) in [6.07, 6.45) is 3.71. The summed E-state index contributed by atoms with van der Waals surface area (Å²) in [5, 5.41) is 11.8. The first-order valence-corrected chi connectivity index (χ1v) is 8.94. The topological polar surface area (TPSA) is 66.4 Å². The fourth-order valence-corrected chi connectivity index (χ4v) is 2.74. The van der Waals surface area contributed by atoms with Crippen LogP contribution < -0.4 is 5.32 Å². The predicted octanol–water partition coefficient (Wildman–Crippen LogP) is 3.36. The van der Waals surface area contributed by atoms with Crippen LogP contribution in [0.5, 0.6) is 0 Å². The molecule has 0 unspecified atom stereocenters. The lowest BCUT2D eigenvalue weighted by atomic mass is 10.1. The minimum atomic E-state index is -0.982. The second-order valence-corrected chi connectivity index (χ2v) is 6.54. The quantitative estimate of drug-likeness (QED) is 0.648. The fourth-order valence-electron chi connectivity index (χ4n) is 2.05. The Morgan fingerprint density at radius 2 is 1.91 bits per heavy atom. The van der Waals surface area contributed by atoms with Gasteiger partial charge in [0.05, 0.1) is 0 Å². The summed E-state index contributed by atoms with van der Waals surface area (Å²) in [6.45, 7) is 4.17. The Morgan fingerprint density at radius 3 is 2.45 bits per heavy atom. The lowest BCUT2D eigenvalue weighted by molar-refractivity contribution is -0.139. The van der Waals surface area contributed by atoms with E-state index in [1.54, 1.807) is 23.9 Å². The molecule has 22 heavy (non-hydrogen) atoms. The van der Waals surface area contributed by atoms with E-state index in [4.69, 9.17) is 0 Å². The van der Waals surface area contributed by atoms with Gasteiger partial charge in [0, 0.05) is 5.56 Å². The molecule has 4 nitrogen and oxygen atoms in total. The van der Waals surface area contributed by atoms with Crippen molar-refractivity contribution in [2.75, 3.05) is 11.5 Å². The van der Waals surface area contributed by atoms with E-state index in [1.807, 2.05) is 19.1 Å². The second-order valence-electron chi connectivity index (χ2n) is 5.15. The Balaban J connectivity index is 2.59. The Bertz CT molecular complexity index is 473. The fraction of sp³-hybridized carbons (Fsp3) is 0.529. The summed E-state index contributed by atoms with van der Waals surface area (Å²) < 4.78 is 0. The average molecular weight is 323 g/mol. The Labute approximate surface area is 136 Å². The molecule has 0 aromatic heterocycles. The molecule has 0 fully saturated rings. The molecule has 1 amide bonds. The van der Waals surface area contributed by atoms with Crippen LogP contribution in [0.1, 0.15) is 49.0 Å². The monoisotopic (exact) mass is 323 g/mol. The first-order valence-electron chi connectivity index (χ1n) is 7.78. The molecule has 0 saturated heterocycles. The largest absolute Gasteiger partial charge is 0.480 e. The van der Waals surface area contributed by atoms with Gasteiger partial charge < -0.3 is 10.4 Å². The minimum Gasteiger partial charge on any atom is -0.480 e. The maximum atomic E-state index is 12.1.